The lowest BCUT2D eigenvalue weighted by atomic mass is 10.1. The number of alkyl halides is 2. The Bertz CT molecular complexity index is 251. The molecule has 14 heavy (non-hydrogen) atoms. The molecule has 1 unspecified atom stereocenters. The predicted octanol–water partition coefficient (Wildman–Crippen LogP) is 1.80. The standard InChI is InChI=1S/C10H15F2NO/c1-5(2)13-9(14)8-6-3-10(11,12)4-7(6)8/h5-8H,3-4H2,1-2H3,(H,13,14)/t6-,7+,8?. The van der Waals surface area contributed by atoms with Crippen LogP contribution in [0.25, 0.3) is 0 Å². The Morgan fingerprint density at radius 3 is 2.29 bits per heavy atom. The molecule has 1 amide bonds. The van der Waals surface area contributed by atoms with Crippen molar-refractivity contribution in [1.82, 2.24) is 5.32 Å². The molecule has 2 nitrogen and oxygen atoms in total. The Balaban J connectivity index is 1.87. The number of halogens is 2. The van der Waals surface area contributed by atoms with Gasteiger partial charge in [-0.05, 0) is 25.7 Å². The second kappa shape index (κ2) is 2.91. The molecule has 0 aromatic carbocycles. The fraction of sp³-hybridized carbons (Fsp3) is 0.900. The maximum Gasteiger partial charge on any atom is 0.248 e. The predicted molar refractivity (Wildman–Crippen MR) is 47.9 cm³/mol. The average molecular weight is 203 g/mol. The number of amides is 1. The van der Waals surface area contributed by atoms with E-state index in [1.165, 1.54) is 0 Å². The molecule has 0 radical (unpaired) electrons. The Morgan fingerprint density at radius 2 is 1.86 bits per heavy atom. The zero-order valence-electron chi connectivity index (χ0n) is 8.39. The topological polar surface area (TPSA) is 29.1 Å². The maximum absolute atomic E-state index is 12.8. The normalized spacial score (nSPS) is 38.2. The van der Waals surface area contributed by atoms with Gasteiger partial charge in [-0.25, -0.2) is 8.78 Å². The molecule has 2 saturated carbocycles. The molecule has 0 bridgehead atoms. The Hall–Kier alpha value is -0.670. The monoisotopic (exact) mass is 203 g/mol. The number of carbonyl (C=O) groups excluding carboxylic acids is 1. The molecule has 2 rings (SSSR count). The minimum atomic E-state index is -2.51. The summed E-state index contributed by atoms with van der Waals surface area (Å²) in [5.74, 6) is -2.78. The summed E-state index contributed by atoms with van der Waals surface area (Å²) in [6, 6.07) is 0.101. The molecule has 2 fully saturated rings. The van der Waals surface area contributed by atoms with Gasteiger partial charge in [0, 0.05) is 24.8 Å². The summed E-state index contributed by atoms with van der Waals surface area (Å²) in [6.45, 7) is 3.76. The minimum Gasteiger partial charge on any atom is -0.354 e. The molecule has 2 aliphatic carbocycles. The van der Waals surface area contributed by atoms with Crippen LogP contribution in [-0.2, 0) is 4.79 Å². The molecule has 4 heteroatoms. The zero-order valence-corrected chi connectivity index (χ0v) is 8.39. The van der Waals surface area contributed by atoms with Crippen LogP contribution in [0.15, 0.2) is 0 Å². The molecule has 0 aliphatic heterocycles. The molecule has 0 saturated heterocycles. The molecule has 2 aliphatic rings. The maximum atomic E-state index is 12.8. The summed E-state index contributed by atoms with van der Waals surface area (Å²) < 4.78 is 25.6. The second-order valence-corrected chi connectivity index (χ2v) is 4.78. The van der Waals surface area contributed by atoms with Crippen molar-refractivity contribution >= 4 is 5.91 Å². The summed E-state index contributed by atoms with van der Waals surface area (Å²) in [5.41, 5.74) is 0. The molecule has 1 N–H and O–H groups in total. The number of hydrogen-bond donors (Lipinski definition) is 1. The van der Waals surface area contributed by atoms with Gasteiger partial charge in [-0.2, -0.15) is 0 Å². The van der Waals surface area contributed by atoms with Gasteiger partial charge in [-0.1, -0.05) is 0 Å². The van der Waals surface area contributed by atoms with E-state index in [1.807, 2.05) is 13.8 Å². The second-order valence-electron chi connectivity index (χ2n) is 4.78. The van der Waals surface area contributed by atoms with Crippen LogP contribution in [0.4, 0.5) is 8.78 Å². The average Bonchev–Trinajstić information content (AvgIpc) is 2.49. The lowest BCUT2D eigenvalue weighted by Gasteiger charge is -2.14. The summed E-state index contributed by atoms with van der Waals surface area (Å²) >= 11 is 0. The first-order valence-electron chi connectivity index (χ1n) is 5.09. The van der Waals surface area contributed by atoms with Crippen molar-refractivity contribution in [1.29, 1.82) is 0 Å². The lowest BCUT2D eigenvalue weighted by molar-refractivity contribution is -0.124. The van der Waals surface area contributed by atoms with Gasteiger partial charge >= 0.3 is 0 Å². The molecule has 0 spiro atoms. The SMILES string of the molecule is CC(C)NC(=O)C1[C@H]2CC(F)(F)C[C@@H]12. The Kier molecular flexibility index (Phi) is 2.05. The molecule has 3 atom stereocenters. The number of rotatable bonds is 2. The van der Waals surface area contributed by atoms with Crippen LogP contribution >= 0.6 is 0 Å². The van der Waals surface area contributed by atoms with Crippen LogP contribution in [0.5, 0.6) is 0 Å². The van der Waals surface area contributed by atoms with E-state index < -0.39 is 5.92 Å². The van der Waals surface area contributed by atoms with Gasteiger partial charge in [0.2, 0.25) is 11.8 Å². The van der Waals surface area contributed by atoms with Gasteiger partial charge in [0.1, 0.15) is 0 Å². The third kappa shape index (κ3) is 1.62. The van der Waals surface area contributed by atoms with Crippen LogP contribution in [0.1, 0.15) is 26.7 Å². The van der Waals surface area contributed by atoms with E-state index >= 15 is 0 Å². The fourth-order valence-electron chi connectivity index (χ4n) is 2.54. The van der Waals surface area contributed by atoms with E-state index in [1.54, 1.807) is 0 Å². The lowest BCUT2D eigenvalue weighted by Crippen LogP contribution is -2.33. The van der Waals surface area contributed by atoms with Crippen molar-refractivity contribution in [2.24, 2.45) is 17.8 Å². The number of hydrogen-bond acceptors (Lipinski definition) is 1. The molecule has 0 heterocycles. The molecular formula is C10H15F2NO. The highest BCUT2D eigenvalue weighted by Gasteiger charge is 2.65. The van der Waals surface area contributed by atoms with Crippen molar-refractivity contribution in [3.8, 4) is 0 Å². The summed E-state index contributed by atoms with van der Waals surface area (Å²) in [4.78, 5) is 11.5. The van der Waals surface area contributed by atoms with Gasteiger partial charge in [-0.3, -0.25) is 4.79 Å². The first-order valence-corrected chi connectivity index (χ1v) is 5.09. The highest BCUT2D eigenvalue weighted by molar-refractivity contribution is 5.82. The van der Waals surface area contributed by atoms with Crippen molar-refractivity contribution < 1.29 is 13.6 Å². The van der Waals surface area contributed by atoms with Crippen molar-refractivity contribution in [3.63, 3.8) is 0 Å². The van der Waals surface area contributed by atoms with Gasteiger partial charge in [0.25, 0.3) is 0 Å². The van der Waals surface area contributed by atoms with Crippen molar-refractivity contribution in [2.45, 2.75) is 38.7 Å². The Labute approximate surface area is 82.1 Å². The van der Waals surface area contributed by atoms with Gasteiger partial charge in [-0.15, -0.1) is 0 Å². The van der Waals surface area contributed by atoms with E-state index in [0.29, 0.717) is 0 Å². The van der Waals surface area contributed by atoms with E-state index in [0.717, 1.165) is 0 Å². The smallest absolute Gasteiger partial charge is 0.248 e. The number of fused-ring (bicyclic) bond motifs is 1. The van der Waals surface area contributed by atoms with E-state index in [9.17, 15) is 13.6 Å². The van der Waals surface area contributed by atoms with Crippen LogP contribution in [0.3, 0.4) is 0 Å². The number of nitrogens with one attached hydrogen (secondary N) is 1. The summed E-state index contributed by atoms with van der Waals surface area (Å²) in [5, 5.41) is 2.78. The van der Waals surface area contributed by atoms with Crippen LogP contribution in [0.2, 0.25) is 0 Å². The molecule has 0 aromatic rings. The third-order valence-corrected chi connectivity index (χ3v) is 3.13. The molecular weight excluding hydrogens is 188 g/mol. The van der Waals surface area contributed by atoms with Crippen molar-refractivity contribution in [2.75, 3.05) is 0 Å². The van der Waals surface area contributed by atoms with Crippen LogP contribution in [0, 0.1) is 17.8 Å². The zero-order chi connectivity index (χ0) is 10.5. The van der Waals surface area contributed by atoms with Gasteiger partial charge in [0.15, 0.2) is 0 Å². The Morgan fingerprint density at radius 1 is 1.36 bits per heavy atom. The van der Waals surface area contributed by atoms with E-state index in [2.05, 4.69) is 5.32 Å². The number of carbonyl (C=O) groups is 1. The van der Waals surface area contributed by atoms with Crippen molar-refractivity contribution in [3.05, 3.63) is 0 Å². The highest BCUT2D eigenvalue weighted by Crippen LogP contribution is 2.62. The quantitative estimate of drug-likeness (QED) is 0.728. The summed E-state index contributed by atoms with van der Waals surface area (Å²) in [6.07, 6.45) is -0.179. The van der Waals surface area contributed by atoms with Crippen LogP contribution < -0.4 is 5.32 Å². The minimum absolute atomic E-state index is 0.0366. The first kappa shape index (κ1) is 9.87. The molecule has 80 valence electrons. The van der Waals surface area contributed by atoms with Gasteiger partial charge < -0.3 is 5.32 Å². The summed E-state index contributed by atoms with van der Waals surface area (Å²) in [7, 11) is 0. The van der Waals surface area contributed by atoms with E-state index in [-0.39, 0.29) is 42.5 Å². The third-order valence-electron chi connectivity index (χ3n) is 3.13. The van der Waals surface area contributed by atoms with Crippen LogP contribution in [-0.4, -0.2) is 17.9 Å². The van der Waals surface area contributed by atoms with E-state index in [4.69, 9.17) is 0 Å². The van der Waals surface area contributed by atoms with Gasteiger partial charge in [0.05, 0.1) is 0 Å². The fourth-order valence-corrected chi connectivity index (χ4v) is 2.54. The first-order chi connectivity index (χ1) is 6.41. The largest absolute Gasteiger partial charge is 0.354 e. The highest BCUT2D eigenvalue weighted by atomic mass is 19.3. The molecule has 0 aromatic heterocycles.